The van der Waals surface area contributed by atoms with Gasteiger partial charge in [0.1, 0.15) is 5.76 Å². The van der Waals surface area contributed by atoms with Gasteiger partial charge in [0.25, 0.3) is 0 Å². The summed E-state index contributed by atoms with van der Waals surface area (Å²) in [5.41, 5.74) is 3.46. The molecule has 2 atom stereocenters. The Labute approximate surface area is 108 Å². The monoisotopic (exact) mass is 244 g/mol. The molecule has 18 heavy (non-hydrogen) atoms. The van der Waals surface area contributed by atoms with Gasteiger partial charge in [0.05, 0.1) is 5.69 Å². The minimum Gasteiger partial charge on any atom is -0.361 e. The van der Waals surface area contributed by atoms with Crippen molar-refractivity contribution in [3.8, 4) is 0 Å². The fraction of sp³-hybridized carbons (Fsp3) is 0.533. The Balaban J connectivity index is 1.89. The normalized spacial score (nSPS) is 27.6. The predicted molar refractivity (Wildman–Crippen MR) is 72.2 cm³/mol. The van der Waals surface area contributed by atoms with Crippen LogP contribution in [0.15, 0.2) is 22.8 Å². The fourth-order valence-electron chi connectivity index (χ4n) is 3.14. The zero-order valence-corrected chi connectivity index (χ0v) is 11.1. The van der Waals surface area contributed by atoms with E-state index in [1.165, 1.54) is 30.5 Å². The Hall–Kier alpha value is -1.35. The van der Waals surface area contributed by atoms with Gasteiger partial charge in [-0.2, -0.15) is 0 Å². The molecule has 1 aromatic rings. The molecule has 2 heterocycles. The third-order valence-electron chi connectivity index (χ3n) is 4.13. The molecule has 96 valence electrons. The average Bonchev–Trinajstić information content (AvgIpc) is 3.00. The van der Waals surface area contributed by atoms with Crippen LogP contribution in [0.4, 0.5) is 0 Å². The van der Waals surface area contributed by atoms with Crippen LogP contribution in [0.5, 0.6) is 0 Å². The van der Waals surface area contributed by atoms with E-state index in [1.54, 1.807) is 0 Å². The molecule has 2 aliphatic rings. The molecule has 1 N–H and O–H groups in total. The maximum atomic E-state index is 5.27. The highest BCUT2D eigenvalue weighted by atomic mass is 16.5. The summed E-state index contributed by atoms with van der Waals surface area (Å²) in [6, 6.07) is 0. The van der Waals surface area contributed by atoms with Crippen molar-refractivity contribution in [2.24, 2.45) is 11.8 Å². The van der Waals surface area contributed by atoms with Gasteiger partial charge in [-0.15, -0.1) is 0 Å². The van der Waals surface area contributed by atoms with Gasteiger partial charge < -0.3 is 9.84 Å². The van der Waals surface area contributed by atoms with Gasteiger partial charge in [0.15, 0.2) is 0 Å². The number of aromatic nitrogens is 1. The molecule has 0 bridgehead atoms. The van der Waals surface area contributed by atoms with Crippen molar-refractivity contribution in [1.82, 2.24) is 10.5 Å². The quantitative estimate of drug-likeness (QED) is 0.869. The van der Waals surface area contributed by atoms with Crippen LogP contribution in [0.1, 0.15) is 29.9 Å². The zero-order valence-electron chi connectivity index (χ0n) is 11.1. The highest BCUT2D eigenvalue weighted by molar-refractivity contribution is 5.77. The molecule has 3 heteroatoms. The summed E-state index contributed by atoms with van der Waals surface area (Å²) in [5.74, 6) is 2.37. The lowest BCUT2D eigenvalue weighted by molar-refractivity contribution is 0.393. The van der Waals surface area contributed by atoms with Crippen molar-refractivity contribution in [2.45, 2.75) is 26.7 Å². The van der Waals surface area contributed by atoms with Crippen molar-refractivity contribution >= 4 is 5.57 Å². The smallest absolute Gasteiger partial charge is 0.141 e. The SMILES string of the molecule is Cc1noc(C)c1C1=CC([C@H]2CCNC2)CC=C1. The van der Waals surface area contributed by atoms with Crippen molar-refractivity contribution in [2.75, 3.05) is 13.1 Å². The lowest BCUT2D eigenvalue weighted by Crippen LogP contribution is -2.17. The number of allylic oxidation sites excluding steroid dienone is 4. The van der Waals surface area contributed by atoms with Crippen molar-refractivity contribution in [1.29, 1.82) is 0 Å². The molecule has 1 saturated heterocycles. The summed E-state index contributed by atoms with van der Waals surface area (Å²) in [6.07, 6.45) is 9.39. The third-order valence-corrected chi connectivity index (χ3v) is 4.13. The molecule has 1 aliphatic heterocycles. The minimum absolute atomic E-state index is 0.661. The molecule has 0 radical (unpaired) electrons. The van der Waals surface area contributed by atoms with Crippen molar-refractivity contribution < 1.29 is 4.52 Å². The predicted octanol–water partition coefficient (Wildman–Crippen LogP) is 2.86. The highest BCUT2D eigenvalue weighted by Crippen LogP contribution is 2.33. The summed E-state index contributed by atoms with van der Waals surface area (Å²) < 4.78 is 5.27. The van der Waals surface area contributed by atoms with E-state index < -0.39 is 0 Å². The first-order chi connectivity index (χ1) is 8.75. The minimum atomic E-state index is 0.661. The van der Waals surface area contributed by atoms with Crippen LogP contribution in [0.25, 0.3) is 5.57 Å². The van der Waals surface area contributed by atoms with Crippen LogP contribution >= 0.6 is 0 Å². The van der Waals surface area contributed by atoms with E-state index in [0.29, 0.717) is 5.92 Å². The summed E-state index contributed by atoms with van der Waals surface area (Å²) in [7, 11) is 0. The number of hydrogen-bond donors (Lipinski definition) is 1. The van der Waals surface area contributed by atoms with E-state index in [2.05, 4.69) is 28.7 Å². The van der Waals surface area contributed by atoms with Crippen molar-refractivity contribution in [3.05, 3.63) is 35.2 Å². The van der Waals surface area contributed by atoms with Gasteiger partial charge in [-0.25, -0.2) is 0 Å². The van der Waals surface area contributed by atoms with E-state index >= 15 is 0 Å². The second kappa shape index (κ2) is 4.73. The van der Waals surface area contributed by atoms with Gasteiger partial charge in [-0.05, 0) is 57.2 Å². The molecule has 1 fully saturated rings. The molecular weight excluding hydrogens is 224 g/mol. The van der Waals surface area contributed by atoms with Crippen LogP contribution in [0.2, 0.25) is 0 Å². The first-order valence-electron chi connectivity index (χ1n) is 6.78. The number of hydrogen-bond acceptors (Lipinski definition) is 3. The lowest BCUT2D eigenvalue weighted by atomic mass is 9.83. The van der Waals surface area contributed by atoms with Crippen LogP contribution < -0.4 is 5.32 Å². The maximum Gasteiger partial charge on any atom is 0.141 e. The highest BCUT2D eigenvalue weighted by Gasteiger charge is 2.25. The number of aryl methyl sites for hydroxylation is 2. The largest absolute Gasteiger partial charge is 0.361 e. The Bertz CT molecular complexity index is 473. The molecule has 0 spiro atoms. The van der Waals surface area contributed by atoms with Gasteiger partial charge in [0.2, 0.25) is 0 Å². The molecule has 3 nitrogen and oxygen atoms in total. The summed E-state index contributed by atoms with van der Waals surface area (Å²) in [5, 5.41) is 7.51. The Morgan fingerprint density at radius 1 is 1.39 bits per heavy atom. The molecule has 0 amide bonds. The molecule has 0 saturated carbocycles. The average molecular weight is 244 g/mol. The van der Waals surface area contributed by atoms with Crippen LogP contribution in [0.3, 0.4) is 0 Å². The van der Waals surface area contributed by atoms with E-state index in [1.807, 2.05) is 13.8 Å². The second-order valence-corrected chi connectivity index (χ2v) is 5.38. The topological polar surface area (TPSA) is 38.1 Å². The van der Waals surface area contributed by atoms with Gasteiger partial charge in [0, 0.05) is 5.56 Å². The first kappa shape index (κ1) is 11.7. The molecular formula is C15H20N2O. The van der Waals surface area contributed by atoms with E-state index in [0.717, 1.165) is 23.9 Å². The Morgan fingerprint density at radius 2 is 2.28 bits per heavy atom. The van der Waals surface area contributed by atoms with Crippen LogP contribution in [0, 0.1) is 25.7 Å². The van der Waals surface area contributed by atoms with E-state index in [9.17, 15) is 0 Å². The van der Waals surface area contributed by atoms with Crippen LogP contribution in [-0.2, 0) is 0 Å². The number of nitrogens with one attached hydrogen (secondary N) is 1. The molecule has 0 aromatic carbocycles. The lowest BCUT2D eigenvalue weighted by Gasteiger charge is -2.22. The standard InChI is InChI=1S/C15H20N2O/c1-10-15(11(2)18-17-10)13-5-3-4-12(8-13)14-6-7-16-9-14/h3,5,8,12,14,16H,4,6-7,9H2,1-2H3/t12?,14-/m0/s1. The first-order valence-corrected chi connectivity index (χ1v) is 6.78. The van der Waals surface area contributed by atoms with Crippen LogP contribution in [-0.4, -0.2) is 18.2 Å². The zero-order chi connectivity index (χ0) is 12.5. The summed E-state index contributed by atoms with van der Waals surface area (Å²) in [6.45, 7) is 6.33. The summed E-state index contributed by atoms with van der Waals surface area (Å²) in [4.78, 5) is 0. The van der Waals surface area contributed by atoms with Gasteiger partial charge in [-0.3, -0.25) is 0 Å². The number of nitrogens with zero attached hydrogens (tertiary/aromatic N) is 1. The molecule has 1 aromatic heterocycles. The van der Waals surface area contributed by atoms with Gasteiger partial charge >= 0.3 is 0 Å². The number of rotatable bonds is 2. The Morgan fingerprint density at radius 3 is 2.94 bits per heavy atom. The van der Waals surface area contributed by atoms with E-state index in [4.69, 9.17) is 4.52 Å². The third kappa shape index (κ3) is 2.03. The molecule has 1 unspecified atom stereocenters. The van der Waals surface area contributed by atoms with Gasteiger partial charge in [-0.1, -0.05) is 23.4 Å². The maximum absolute atomic E-state index is 5.27. The molecule has 3 rings (SSSR count). The fourth-order valence-corrected chi connectivity index (χ4v) is 3.14. The van der Waals surface area contributed by atoms with E-state index in [-0.39, 0.29) is 0 Å². The summed E-state index contributed by atoms with van der Waals surface area (Å²) >= 11 is 0. The molecule has 1 aliphatic carbocycles. The second-order valence-electron chi connectivity index (χ2n) is 5.38. The van der Waals surface area contributed by atoms with Crippen molar-refractivity contribution in [3.63, 3.8) is 0 Å². The Kier molecular flexibility index (Phi) is 3.08.